The molecule has 0 N–H and O–H groups in total. The summed E-state index contributed by atoms with van der Waals surface area (Å²) >= 11 is 0. The van der Waals surface area contributed by atoms with E-state index in [2.05, 4.69) is 0 Å². The molecule has 0 unspecified atom stereocenters. The average Bonchev–Trinajstić information content (AvgIpc) is 2.71. The van der Waals surface area contributed by atoms with Gasteiger partial charge in [-0.1, -0.05) is 36.4 Å². The maximum Gasteiger partial charge on any atom is 0.349 e. The molecule has 27 heavy (non-hydrogen) atoms. The van der Waals surface area contributed by atoms with Gasteiger partial charge >= 0.3 is 11.9 Å². The van der Waals surface area contributed by atoms with Gasteiger partial charge in [-0.25, -0.2) is 9.59 Å². The quantitative estimate of drug-likeness (QED) is 0.511. The van der Waals surface area contributed by atoms with Crippen molar-refractivity contribution >= 4 is 22.7 Å². The molecule has 0 atom stereocenters. The number of rotatable bonds is 5. The van der Waals surface area contributed by atoms with E-state index in [1.807, 2.05) is 30.3 Å². The van der Waals surface area contributed by atoms with Crippen molar-refractivity contribution in [1.29, 1.82) is 5.26 Å². The fourth-order valence-corrected chi connectivity index (χ4v) is 2.55. The highest BCUT2D eigenvalue weighted by atomic mass is 16.6. The van der Waals surface area contributed by atoms with Crippen molar-refractivity contribution in [1.82, 2.24) is 0 Å². The summed E-state index contributed by atoms with van der Waals surface area (Å²) in [7, 11) is 1.26. The molecule has 0 heterocycles. The Morgan fingerprint density at radius 1 is 0.963 bits per heavy atom. The number of esters is 2. The zero-order valence-corrected chi connectivity index (χ0v) is 14.5. The van der Waals surface area contributed by atoms with Crippen LogP contribution >= 0.6 is 0 Å². The van der Waals surface area contributed by atoms with Crippen LogP contribution in [0, 0.1) is 11.3 Å². The molecule has 0 aliphatic heterocycles. The number of carbonyl (C=O) groups is 2. The Hall–Kier alpha value is -3.85. The van der Waals surface area contributed by atoms with Crippen molar-refractivity contribution < 1.29 is 23.8 Å². The Labute approximate surface area is 155 Å². The molecule has 0 aliphatic carbocycles. The maximum absolute atomic E-state index is 12.2. The third-order valence-corrected chi connectivity index (χ3v) is 3.83. The van der Waals surface area contributed by atoms with Crippen LogP contribution in [0.25, 0.3) is 10.8 Å². The summed E-state index contributed by atoms with van der Waals surface area (Å²) in [6.07, 6.45) is 0. The van der Waals surface area contributed by atoms with Crippen molar-refractivity contribution in [3.8, 4) is 17.6 Å². The van der Waals surface area contributed by atoms with Crippen LogP contribution in [-0.2, 0) is 9.53 Å². The summed E-state index contributed by atoms with van der Waals surface area (Å²) in [5.74, 6) is -0.950. The zero-order chi connectivity index (χ0) is 19.2. The number of nitriles is 1. The lowest BCUT2D eigenvalue weighted by Crippen LogP contribution is -2.19. The van der Waals surface area contributed by atoms with Gasteiger partial charge in [0.05, 0.1) is 12.7 Å². The highest BCUT2D eigenvalue weighted by Gasteiger charge is 2.18. The zero-order valence-electron chi connectivity index (χ0n) is 14.5. The molecule has 0 radical (unpaired) electrons. The Balaban J connectivity index is 1.81. The Bertz CT molecular complexity index is 1050. The van der Waals surface area contributed by atoms with Gasteiger partial charge in [0.25, 0.3) is 0 Å². The first-order chi connectivity index (χ1) is 13.1. The second-order valence-electron chi connectivity index (χ2n) is 5.56. The van der Waals surface area contributed by atoms with Crippen molar-refractivity contribution in [2.45, 2.75) is 0 Å². The van der Waals surface area contributed by atoms with Gasteiger partial charge < -0.3 is 14.2 Å². The number of fused-ring (bicyclic) bond motifs is 1. The molecule has 0 amide bonds. The van der Waals surface area contributed by atoms with E-state index in [1.165, 1.54) is 7.11 Å². The third-order valence-electron chi connectivity index (χ3n) is 3.83. The van der Waals surface area contributed by atoms with Crippen LogP contribution in [0.15, 0.2) is 60.7 Å². The fourth-order valence-electron chi connectivity index (χ4n) is 2.55. The van der Waals surface area contributed by atoms with E-state index in [0.717, 1.165) is 10.8 Å². The normalized spacial score (nSPS) is 10.1. The predicted molar refractivity (Wildman–Crippen MR) is 97.6 cm³/mol. The average molecular weight is 361 g/mol. The smallest absolute Gasteiger partial charge is 0.349 e. The molecule has 3 aromatic carbocycles. The van der Waals surface area contributed by atoms with Gasteiger partial charge in [0.15, 0.2) is 6.61 Å². The monoisotopic (exact) mass is 361 g/mol. The van der Waals surface area contributed by atoms with Crippen molar-refractivity contribution in [2.24, 2.45) is 0 Å². The SMILES string of the molecule is COC(=O)c1cc2ccccc2cc1OC(=O)COc1ccccc1C#N. The minimum absolute atomic E-state index is 0.0859. The van der Waals surface area contributed by atoms with Gasteiger partial charge in [-0.05, 0) is 35.0 Å². The van der Waals surface area contributed by atoms with Crippen LogP contribution in [0.3, 0.4) is 0 Å². The third kappa shape index (κ3) is 4.05. The maximum atomic E-state index is 12.2. The van der Waals surface area contributed by atoms with E-state index in [0.29, 0.717) is 5.56 Å². The number of hydrogen-bond donors (Lipinski definition) is 0. The molecule has 134 valence electrons. The lowest BCUT2D eigenvalue weighted by atomic mass is 10.1. The van der Waals surface area contributed by atoms with Crippen LogP contribution in [0.4, 0.5) is 0 Å². The topological polar surface area (TPSA) is 85.6 Å². The van der Waals surface area contributed by atoms with Gasteiger partial charge in [-0.3, -0.25) is 0 Å². The van der Waals surface area contributed by atoms with E-state index >= 15 is 0 Å². The van der Waals surface area contributed by atoms with Crippen molar-refractivity contribution in [3.63, 3.8) is 0 Å². The molecule has 0 aliphatic rings. The van der Waals surface area contributed by atoms with Gasteiger partial charge in [0, 0.05) is 0 Å². The molecule has 6 heteroatoms. The Kier molecular flexibility index (Phi) is 5.33. The minimum Gasteiger partial charge on any atom is -0.481 e. The standard InChI is InChI=1S/C21H15NO5/c1-25-21(24)17-10-14-6-2-3-7-15(14)11-19(17)27-20(23)13-26-18-9-5-4-8-16(18)12-22/h2-11H,13H2,1H3. The molecule has 0 spiro atoms. The number of methoxy groups -OCH3 is 1. The molecule has 0 aromatic heterocycles. The Morgan fingerprint density at radius 3 is 2.33 bits per heavy atom. The Morgan fingerprint density at radius 2 is 1.63 bits per heavy atom. The summed E-state index contributed by atoms with van der Waals surface area (Å²) in [6.45, 7) is -0.411. The van der Waals surface area contributed by atoms with Crippen LogP contribution in [-0.4, -0.2) is 25.7 Å². The molecule has 0 bridgehead atoms. The summed E-state index contributed by atoms with van der Waals surface area (Å²) in [6, 6.07) is 19.1. The second-order valence-corrected chi connectivity index (χ2v) is 5.56. The number of nitrogens with zero attached hydrogens (tertiary/aromatic N) is 1. The van der Waals surface area contributed by atoms with Crippen molar-refractivity contribution in [3.05, 3.63) is 71.8 Å². The minimum atomic E-state index is -0.705. The lowest BCUT2D eigenvalue weighted by molar-refractivity contribution is -0.136. The lowest BCUT2D eigenvalue weighted by Gasteiger charge is -2.11. The molecular weight excluding hydrogens is 346 g/mol. The van der Waals surface area contributed by atoms with Crippen LogP contribution in [0.1, 0.15) is 15.9 Å². The number of ether oxygens (including phenoxy) is 3. The molecule has 0 saturated heterocycles. The number of para-hydroxylation sites is 1. The van der Waals surface area contributed by atoms with E-state index in [9.17, 15) is 9.59 Å². The largest absolute Gasteiger partial charge is 0.481 e. The fraction of sp³-hybridized carbons (Fsp3) is 0.0952. The summed E-state index contributed by atoms with van der Waals surface area (Å²) < 4.78 is 15.5. The van der Waals surface area contributed by atoms with Crippen molar-refractivity contribution in [2.75, 3.05) is 13.7 Å². The van der Waals surface area contributed by atoms with Gasteiger partial charge in [0.2, 0.25) is 0 Å². The molecule has 0 fully saturated rings. The van der Waals surface area contributed by atoms with E-state index < -0.39 is 18.5 Å². The van der Waals surface area contributed by atoms with Gasteiger partial charge in [0.1, 0.15) is 23.1 Å². The van der Waals surface area contributed by atoms with Gasteiger partial charge in [-0.15, -0.1) is 0 Å². The summed E-state index contributed by atoms with van der Waals surface area (Å²) in [4.78, 5) is 24.2. The van der Waals surface area contributed by atoms with E-state index in [-0.39, 0.29) is 17.1 Å². The highest BCUT2D eigenvalue weighted by Crippen LogP contribution is 2.27. The number of hydrogen-bond acceptors (Lipinski definition) is 6. The van der Waals surface area contributed by atoms with E-state index in [1.54, 1.807) is 36.4 Å². The second kappa shape index (κ2) is 8.02. The molecule has 6 nitrogen and oxygen atoms in total. The first-order valence-electron chi connectivity index (χ1n) is 8.06. The first-order valence-corrected chi connectivity index (χ1v) is 8.06. The van der Waals surface area contributed by atoms with E-state index in [4.69, 9.17) is 19.5 Å². The number of carbonyl (C=O) groups excluding carboxylic acids is 2. The number of benzene rings is 3. The van der Waals surface area contributed by atoms with Gasteiger partial charge in [-0.2, -0.15) is 5.26 Å². The summed E-state index contributed by atoms with van der Waals surface area (Å²) in [5, 5.41) is 10.7. The molecular formula is C21H15NO5. The van der Waals surface area contributed by atoms with Crippen LogP contribution < -0.4 is 9.47 Å². The molecule has 3 aromatic rings. The predicted octanol–water partition coefficient (Wildman–Crippen LogP) is 3.48. The molecule has 3 rings (SSSR count). The molecule has 0 saturated carbocycles. The van der Waals surface area contributed by atoms with Crippen LogP contribution in [0.5, 0.6) is 11.5 Å². The van der Waals surface area contributed by atoms with Crippen LogP contribution in [0.2, 0.25) is 0 Å². The first kappa shape index (κ1) is 18.0. The summed E-state index contributed by atoms with van der Waals surface area (Å²) in [5.41, 5.74) is 0.452. The highest BCUT2D eigenvalue weighted by molar-refractivity contribution is 5.99.